The maximum Gasteiger partial charge on any atom is 0.231 e. The average Bonchev–Trinajstić information content (AvgIpc) is 2.71. The quantitative estimate of drug-likeness (QED) is 0.789. The second kappa shape index (κ2) is 4.59. The summed E-state index contributed by atoms with van der Waals surface area (Å²) in [5.74, 6) is 1.71. The van der Waals surface area contributed by atoms with Gasteiger partial charge in [0.1, 0.15) is 12.4 Å². The molecule has 88 valence electrons. The number of fused-ring (bicyclic) bond motifs is 1. The Bertz CT molecular complexity index is 375. The first-order valence-corrected chi connectivity index (χ1v) is 5.05. The van der Waals surface area contributed by atoms with E-state index in [1.54, 1.807) is 19.1 Å². The average molecular weight is 226 g/mol. The molecule has 0 saturated carbocycles. The standard InChI is InChI=1S/C11H14O5/c1-7(13)5-14-9-3-11-10(15-6-16-11)2-8(9)4-12/h2-3,7,12-13H,4-6H2,1H3. The third-order valence-corrected chi connectivity index (χ3v) is 2.21. The van der Waals surface area contributed by atoms with Crippen LogP contribution in [0.4, 0.5) is 0 Å². The third kappa shape index (κ3) is 2.20. The normalized spacial score (nSPS) is 14.9. The van der Waals surface area contributed by atoms with E-state index < -0.39 is 6.10 Å². The summed E-state index contributed by atoms with van der Waals surface area (Å²) in [4.78, 5) is 0. The lowest BCUT2D eigenvalue weighted by Crippen LogP contribution is -2.13. The number of hydrogen-bond acceptors (Lipinski definition) is 5. The van der Waals surface area contributed by atoms with Crippen LogP contribution in [0.2, 0.25) is 0 Å². The van der Waals surface area contributed by atoms with Crippen molar-refractivity contribution in [2.75, 3.05) is 13.4 Å². The van der Waals surface area contributed by atoms with Crippen LogP contribution in [-0.4, -0.2) is 29.7 Å². The van der Waals surface area contributed by atoms with Crippen LogP contribution in [0.5, 0.6) is 17.2 Å². The summed E-state index contributed by atoms with van der Waals surface area (Å²) in [5.41, 5.74) is 0.616. The molecule has 5 nitrogen and oxygen atoms in total. The first kappa shape index (κ1) is 11.0. The maximum atomic E-state index is 9.18. The molecule has 0 fully saturated rings. The smallest absolute Gasteiger partial charge is 0.231 e. The molecule has 1 unspecified atom stereocenters. The zero-order chi connectivity index (χ0) is 11.5. The first-order chi connectivity index (χ1) is 7.70. The van der Waals surface area contributed by atoms with Crippen molar-refractivity contribution < 1.29 is 24.4 Å². The Morgan fingerprint density at radius 2 is 2.06 bits per heavy atom. The predicted octanol–water partition coefficient (Wildman–Crippen LogP) is 0.667. The molecule has 0 saturated heterocycles. The largest absolute Gasteiger partial charge is 0.490 e. The number of benzene rings is 1. The van der Waals surface area contributed by atoms with Gasteiger partial charge in [-0.15, -0.1) is 0 Å². The van der Waals surface area contributed by atoms with E-state index in [9.17, 15) is 5.11 Å². The highest BCUT2D eigenvalue weighted by Gasteiger charge is 2.17. The molecule has 0 spiro atoms. The molecule has 1 atom stereocenters. The van der Waals surface area contributed by atoms with Crippen molar-refractivity contribution in [3.63, 3.8) is 0 Å². The number of rotatable bonds is 4. The van der Waals surface area contributed by atoms with Gasteiger partial charge in [-0.2, -0.15) is 0 Å². The van der Waals surface area contributed by atoms with Crippen LogP contribution in [-0.2, 0) is 6.61 Å². The highest BCUT2D eigenvalue weighted by molar-refractivity contribution is 5.51. The minimum absolute atomic E-state index is 0.147. The second-order valence-electron chi connectivity index (χ2n) is 3.63. The minimum Gasteiger partial charge on any atom is -0.490 e. The van der Waals surface area contributed by atoms with Crippen molar-refractivity contribution in [3.8, 4) is 17.2 Å². The second-order valence-corrected chi connectivity index (χ2v) is 3.63. The van der Waals surface area contributed by atoms with Crippen LogP contribution >= 0.6 is 0 Å². The van der Waals surface area contributed by atoms with Crippen molar-refractivity contribution in [1.29, 1.82) is 0 Å². The molecule has 0 aromatic heterocycles. The van der Waals surface area contributed by atoms with Crippen molar-refractivity contribution >= 4 is 0 Å². The van der Waals surface area contributed by atoms with E-state index in [-0.39, 0.29) is 20.0 Å². The zero-order valence-electron chi connectivity index (χ0n) is 8.97. The minimum atomic E-state index is -0.558. The Kier molecular flexibility index (Phi) is 3.17. The molecular formula is C11H14O5. The molecule has 1 aliphatic heterocycles. The lowest BCUT2D eigenvalue weighted by molar-refractivity contribution is 0.120. The highest BCUT2D eigenvalue weighted by Crippen LogP contribution is 2.38. The third-order valence-electron chi connectivity index (χ3n) is 2.21. The van der Waals surface area contributed by atoms with Crippen LogP contribution in [0, 0.1) is 0 Å². The van der Waals surface area contributed by atoms with E-state index in [4.69, 9.17) is 19.3 Å². The van der Waals surface area contributed by atoms with Crippen LogP contribution in [0.15, 0.2) is 12.1 Å². The lowest BCUT2D eigenvalue weighted by atomic mass is 10.2. The summed E-state index contributed by atoms with van der Waals surface area (Å²) in [5, 5.41) is 18.3. The van der Waals surface area contributed by atoms with Crippen molar-refractivity contribution in [2.24, 2.45) is 0 Å². The molecule has 16 heavy (non-hydrogen) atoms. The molecular weight excluding hydrogens is 212 g/mol. The Labute approximate surface area is 93.2 Å². The van der Waals surface area contributed by atoms with Crippen LogP contribution in [0.25, 0.3) is 0 Å². The summed E-state index contributed by atoms with van der Waals surface area (Å²) in [6.45, 7) is 1.84. The van der Waals surface area contributed by atoms with Gasteiger partial charge in [0.05, 0.1) is 12.7 Å². The molecule has 0 bridgehead atoms. The van der Waals surface area contributed by atoms with E-state index in [0.717, 1.165) is 0 Å². The highest BCUT2D eigenvalue weighted by atomic mass is 16.7. The summed E-state index contributed by atoms with van der Waals surface area (Å²) < 4.78 is 15.8. The van der Waals surface area contributed by atoms with Gasteiger partial charge in [-0.25, -0.2) is 0 Å². The summed E-state index contributed by atoms with van der Waals surface area (Å²) >= 11 is 0. The molecule has 5 heteroatoms. The summed E-state index contributed by atoms with van der Waals surface area (Å²) in [7, 11) is 0. The first-order valence-electron chi connectivity index (χ1n) is 5.05. The van der Waals surface area contributed by atoms with Gasteiger partial charge in [-0.05, 0) is 13.0 Å². The van der Waals surface area contributed by atoms with Crippen molar-refractivity contribution in [1.82, 2.24) is 0 Å². The fourth-order valence-electron chi connectivity index (χ4n) is 1.43. The van der Waals surface area contributed by atoms with Crippen molar-refractivity contribution in [2.45, 2.75) is 19.6 Å². The number of aliphatic hydroxyl groups excluding tert-OH is 2. The Balaban J connectivity index is 2.22. The molecule has 1 heterocycles. The van der Waals surface area contributed by atoms with E-state index in [0.29, 0.717) is 22.8 Å². The summed E-state index contributed by atoms with van der Waals surface area (Å²) in [6, 6.07) is 3.34. The monoisotopic (exact) mass is 226 g/mol. The van der Waals surface area contributed by atoms with E-state index in [1.165, 1.54) is 0 Å². The Morgan fingerprint density at radius 3 is 2.69 bits per heavy atom. The fourth-order valence-corrected chi connectivity index (χ4v) is 1.43. The fraction of sp³-hybridized carbons (Fsp3) is 0.455. The van der Waals surface area contributed by atoms with Gasteiger partial charge in [-0.3, -0.25) is 0 Å². The van der Waals surface area contributed by atoms with Gasteiger partial charge in [0.15, 0.2) is 11.5 Å². The SMILES string of the molecule is CC(O)COc1cc2c(cc1CO)OCO2. The van der Waals surface area contributed by atoms with Gasteiger partial charge in [-0.1, -0.05) is 0 Å². The molecule has 1 aromatic rings. The van der Waals surface area contributed by atoms with Gasteiger partial charge in [0, 0.05) is 11.6 Å². The van der Waals surface area contributed by atoms with Crippen molar-refractivity contribution in [3.05, 3.63) is 17.7 Å². The molecule has 2 rings (SSSR count). The number of hydrogen-bond donors (Lipinski definition) is 2. The topological polar surface area (TPSA) is 68.2 Å². The van der Waals surface area contributed by atoms with Gasteiger partial charge in [0.25, 0.3) is 0 Å². The van der Waals surface area contributed by atoms with Crippen LogP contribution in [0.3, 0.4) is 0 Å². The summed E-state index contributed by atoms with van der Waals surface area (Å²) in [6.07, 6.45) is -0.558. The molecule has 0 radical (unpaired) electrons. The van der Waals surface area contributed by atoms with Gasteiger partial charge in [0.2, 0.25) is 6.79 Å². The molecule has 0 aliphatic carbocycles. The maximum absolute atomic E-state index is 9.18. The zero-order valence-corrected chi connectivity index (χ0v) is 8.97. The number of aliphatic hydroxyl groups is 2. The Morgan fingerprint density at radius 1 is 1.38 bits per heavy atom. The number of ether oxygens (including phenoxy) is 3. The molecule has 2 N–H and O–H groups in total. The van der Waals surface area contributed by atoms with Crippen LogP contribution < -0.4 is 14.2 Å². The molecule has 1 aliphatic rings. The lowest BCUT2D eigenvalue weighted by Gasteiger charge is -2.12. The van der Waals surface area contributed by atoms with E-state index in [1.807, 2.05) is 0 Å². The van der Waals surface area contributed by atoms with E-state index >= 15 is 0 Å². The molecule has 1 aromatic carbocycles. The molecule has 0 amide bonds. The van der Waals surface area contributed by atoms with Crippen LogP contribution in [0.1, 0.15) is 12.5 Å². The predicted molar refractivity (Wildman–Crippen MR) is 55.7 cm³/mol. The van der Waals surface area contributed by atoms with Gasteiger partial charge >= 0.3 is 0 Å². The van der Waals surface area contributed by atoms with Gasteiger partial charge < -0.3 is 24.4 Å². The Hall–Kier alpha value is -1.46. The van der Waals surface area contributed by atoms with E-state index in [2.05, 4.69) is 0 Å².